The molecule has 0 fully saturated rings. The van der Waals surface area contributed by atoms with E-state index in [4.69, 9.17) is 16.3 Å². The molecule has 0 aliphatic heterocycles. The second-order valence-electron chi connectivity index (χ2n) is 8.37. The first-order chi connectivity index (χ1) is 16.0. The van der Waals surface area contributed by atoms with Crippen molar-refractivity contribution in [3.8, 4) is 5.88 Å². The highest BCUT2D eigenvalue weighted by Crippen LogP contribution is 2.30. The Morgan fingerprint density at radius 1 is 1.06 bits per heavy atom. The van der Waals surface area contributed by atoms with E-state index in [1.807, 2.05) is 19.1 Å². The molecule has 1 amide bonds. The molecule has 180 valence electrons. The summed E-state index contributed by atoms with van der Waals surface area (Å²) in [5.74, 6) is -0.694. The highest BCUT2D eigenvalue weighted by atomic mass is 35.5. The number of ether oxygens (including phenoxy) is 1. The van der Waals surface area contributed by atoms with E-state index in [9.17, 15) is 18.0 Å². The van der Waals surface area contributed by atoms with E-state index in [1.165, 1.54) is 20.2 Å². The van der Waals surface area contributed by atoms with E-state index in [1.54, 1.807) is 24.5 Å². The maximum atomic E-state index is 13.0. The van der Waals surface area contributed by atoms with Crippen LogP contribution in [0.4, 0.5) is 13.2 Å². The predicted molar refractivity (Wildman–Crippen MR) is 121 cm³/mol. The third kappa shape index (κ3) is 6.66. The molecule has 0 aliphatic carbocycles. The molecule has 2 aromatic heterocycles. The number of carbonyl (C=O) groups excluding carboxylic acids is 1. The summed E-state index contributed by atoms with van der Waals surface area (Å²) in [4.78, 5) is 24.9. The van der Waals surface area contributed by atoms with Gasteiger partial charge in [0.05, 0.1) is 5.56 Å². The SMILES string of the molecule is CC(NC(=O)C(C)(C)Oc1ccc(C(F)(F)F)cn1)C(Cc1ccc(Cl)cc1)c1cncnc1. The van der Waals surface area contributed by atoms with Crippen molar-refractivity contribution in [1.82, 2.24) is 20.3 Å². The maximum absolute atomic E-state index is 13.0. The minimum absolute atomic E-state index is 0.0880. The van der Waals surface area contributed by atoms with Crippen molar-refractivity contribution in [2.24, 2.45) is 0 Å². The van der Waals surface area contributed by atoms with Crippen molar-refractivity contribution in [3.05, 3.63) is 83.0 Å². The van der Waals surface area contributed by atoms with Gasteiger partial charge in [-0.15, -0.1) is 0 Å². The fraction of sp³-hybridized carbons (Fsp3) is 0.333. The fourth-order valence-electron chi connectivity index (χ4n) is 3.36. The Bertz CT molecular complexity index is 1090. The summed E-state index contributed by atoms with van der Waals surface area (Å²) in [6.45, 7) is 4.90. The first-order valence-corrected chi connectivity index (χ1v) is 10.9. The first kappa shape index (κ1) is 25.4. The zero-order valence-electron chi connectivity index (χ0n) is 18.8. The molecule has 3 rings (SSSR count). The molecule has 0 saturated carbocycles. The molecular weight excluding hydrogens is 469 g/mol. The molecule has 10 heteroatoms. The summed E-state index contributed by atoms with van der Waals surface area (Å²) in [6, 6.07) is 9.02. The number of rotatable bonds is 8. The Morgan fingerprint density at radius 2 is 1.71 bits per heavy atom. The van der Waals surface area contributed by atoms with Crippen LogP contribution in [0.3, 0.4) is 0 Å². The summed E-state index contributed by atoms with van der Waals surface area (Å²) < 4.78 is 43.9. The number of halogens is 4. The highest BCUT2D eigenvalue weighted by molar-refractivity contribution is 6.30. The van der Waals surface area contributed by atoms with Gasteiger partial charge in [0.2, 0.25) is 5.88 Å². The first-order valence-electron chi connectivity index (χ1n) is 10.5. The Labute approximate surface area is 200 Å². The quantitative estimate of drug-likeness (QED) is 0.466. The van der Waals surface area contributed by atoms with Crippen molar-refractivity contribution < 1.29 is 22.7 Å². The normalized spacial score (nSPS) is 13.7. The second kappa shape index (κ2) is 10.4. The standard InChI is InChI=1S/C24H24ClF3N4O2/c1-15(20(17-11-29-14-30-12-17)10-16-4-7-19(25)8-5-16)32-22(33)23(2,3)34-21-9-6-18(13-31-21)24(26,27)28/h4-9,11-15,20H,10H2,1-3H3,(H,32,33). The van der Waals surface area contributed by atoms with Gasteiger partial charge < -0.3 is 10.1 Å². The van der Waals surface area contributed by atoms with E-state index in [0.29, 0.717) is 17.6 Å². The minimum atomic E-state index is -4.51. The lowest BCUT2D eigenvalue weighted by atomic mass is 9.87. The number of nitrogens with one attached hydrogen (secondary N) is 1. The van der Waals surface area contributed by atoms with E-state index < -0.39 is 23.2 Å². The Hall–Kier alpha value is -3.20. The zero-order valence-corrected chi connectivity index (χ0v) is 19.6. The zero-order chi connectivity index (χ0) is 24.9. The summed E-state index contributed by atoms with van der Waals surface area (Å²) in [5, 5.41) is 3.58. The van der Waals surface area contributed by atoms with E-state index in [2.05, 4.69) is 20.3 Å². The fourth-order valence-corrected chi connectivity index (χ4v) is 3.48. The van der Waals surface area contributed by atoms with Crippen LogP contribution in [0.5, 0.6) is 5.88 Å². The van der Waals surface area contributed by atoms with Crippen LogP contribution in [0.2, 0.25) is 5.02 Å². The molecule has 0 saturated heterocycles. The average molecular weight is 493 g/mol. The van der Waals surface area contributed by atoms with Crippen LogP contribution >= 0.6 is 11.6 Å². The molecule has 2 unspecified atom stereocenters. The minimum Gasteiger partial charge on any atom is -0.462 e. The Balaban J connectivity index is 1.73. The van der Waals surface area contributed by atoms with Gasteiger partial charge in [-0.1, -0.05) is 23.7 Å². The Morgan fingerprint density at radius 3 is 2.26 bits per heavy atom. The molecule has 0 bridgehead atoms. The molecule has 0 radical (unpaired) electrons. The number of hydrogen-bond donors (Lipinski definition) is 1. The number of aromatic nitrogens is 3. The van der Waals surface area contributed by atoms with E-state index in [-0.39, 0.29) is 17.8 Å². The smallest absolute Gasteiger partial charge is 0.417 e. The van der Waals surface area contributed by atoms with Crippen LogP contribution < -0.4 is 10.1 Å². The van der Waals surface area contributed by atoms with Crippen molar-refractivity contribution >= 4 is 17.5 Å². The van der Waals surface area contributed by atoms with Crippen molar-refractivity contribution in [1.29, 1.82) is 0 Å². The predicted octanol–water partition coefficient (Wildman–Crippen LogP) is 5.23. The third-order valence-corrected chi connectivity index (χ3v) is 5.56. The van der Waals surface area contributed by atoms with Gasteiger partial charge in [-0.25, -0.2) is 15.0 Å². The molecular formula is C24H24ClF3N4O2. The molecule has 6 nitrogen and oxygen atoms in total. The van der Waals surface area contributed by atoms with Crippen LogP contribution in [-0.4, -0.2) is 32.5 Å². The van der Waals surface area contributed by atoms with E-state index in [0.717, 1.165) is 23.3 Å². The van der Waals surface area contributed by atoms with Crippen LogP contribution in [0.15, 0.2) is 61.3 Å². The summed E-state index contributed by atoms with van der Waals surface area (Å²) >= 11 is 5.99. The van der Waals surface area contributed by atoms with E-state index >= 15 is 0 Å². The number of nitrogens with zero attached hydrogens (tertiary/aromatic N) is 3. The monoisotopic (exact) mass is 492 g/mol. The third-order valence-electron chi connectivity index (χ3n) is 5.31. The molecule has 3 aromatic rings. The van der Waals surface area contributed by atoms with Gasteiger partial charge in [-0.05, 0) is 56.5 Å². The van der Waals surface area contributed by atoms with Gasteiger partial charge >= 0.3 is 6.18 Å². The van der Waals surface area contributed by atoms with Crippen molar-refractivity contribution in [2.75, 3.05) is 0 Å². The van der Waals surface area contributed by atoms with Crippen LogP contribution in [0.1, 0.15) is 43.4 Å². The molecule has 0 spiro atoms. The lowest BCUT2D eigenvalue weighted by Crippen LogP contribution is -2.51. The molecule has 34 heavy (non-hydrogen) atoms. The molecule has 1 N–H and O–H groups in total. The lowest BCUT2D eigenvalue weighted by Gasteiger charge is -2.30. The van der Waals surface area contributed by atoms with Crippen LogP contribution in [0.25, 0.3) is 0 Å². The maximum Gasteiger partial charge on any atom is 0.417 e. The van der Waals surface area contributed by atoms with Crippen molar-refractivity contribution in [3.63, 3.8) is 0 Å². The molecule has 2 atom stereocenters. The van der Waals surface area contributed by atoms with Gasteiger partial charge in [0.25, 0.3) is 5.91 Å². The van der Waals surface area contributed by atoms with Crippen LogP contribution in [-0.2, 0) is 17.4 Å². The number of pyridine rings is 1. The van der Waals surface area contributed by atoms with Crippen LogP contribution in [0, 0.1) is 0 Å². The second-order valence-corrected chi connectivity index (χ2v) is 8.80. The van der Waals surface area contributed by atoms with Gasteiger partial charge in [0.15, 0.2) is 5.60 Å². The van der Waals surface area contributed by atoms with Gasteiger partial charge in [-0.2, -0.15) is 13.2 Å². The summed E-state index contributed by atoms with van der Waals surface area (Å²) in [7, 11) is 0. The van der Waals surface area contributed by atoms with Crippen molar-refractivity contribution in [2.45, 2.75) is 50.9 Å². The number of amides is 1. The molecule has 0 aliphatic rings. The highest BCUT2D eigenvalue weighted by Gasteiger charge is 2.34. The average Bonchev–Trinajstić information content (AvgIpc) is 2.78. The van der Waals surface area contributed by atoms with Gasteiger partial charge in [0.1, 0.15) is 6.33 Å². The topological polar surface area (TPSA) is 77.0 Å². The molecule has 1 aromatic carbocycles. The number of benzene rings is 1. The molecule has 2 heterocycles. The Kier molecular flexibility index (Phi) is 7.76. The summed E-state index contributed by atoms with van der Waals surface area (Å²) in [5.41, 5.74) is -0.429. The number of hydrogen-bond acceptors (Lipinski definition) is 5. The van der Waals surface area contributed by atoms with Gasteiger partial charge in [0, 0.05) is 41.6 Å². The number of alkyl halides is 3. The largest absolute Gasteiger partial charge is 0.462 e. The van der Waals surface area contributed by atoms with Gasteiger partial charge in [-0.3, -0.25) is 4.79 Å². The lowest BCUT2D eigenvalue weighted by molar-refractivity contribution is -0.138. The number of carbonyl (C=O) groups is 1. The summed E-state index contributed by atoms with van der Waals surface area (Å²) in [6.07, 6.45) is 1.58.